The summed E-state index contributed by atoms with van der Waals surface area (Å²) in [6.45, 7) is 2.16. The van der Waals surface area contributed by atoms with Crippen LogP contribution in [0.1, 0.15) is 21.6 Å². The van der Waals surface area contributed by atoms with E-state index in [1.54, 1.807) is 0 Å². The lowest BCUT2D eigenvalue weighted by Gasteiger charge is -2.22. The molecule has 0 saturated carbocycles. The van der Waals surface area contributed by atoms with Gasteiger partial charge in [-0.2, -0.15) is 0 Å². The number of phenols is 1. The van der Waals surface area contributed by atoms with Crippen molar-refractivity contribution in [2.75, 3.05) is 0 Å². The smallest absolute Gasteiger partial charge is 0.336 e. The fourth-order valence-corrected chi connectivity index (χ4v) is 2.20. The van der Waals surface area contributed by atoms with Crippen molar-refractivity contribution < 1.29 is 19.7 Å². The highest BCUT2D eigenvalue weighted by molar-refractivity contribution is 5.98. The van der Waals surface area contributed by atoms with Crippen LogP contribution in [0.15, 0.2) is 24.3 Å². The number of aromatic hydroxyl groups is 1. The number of ether oxygens (including phenoxy) is 1. The molecule has 0 bridgehead atoms. The van der Waals surface area contributed by atoms with E-state index in [1.807, 2.05) is 19.1 Å². The maximum Gasteiger partial charge on any atom is 0.336 e. The van der Waals surface area contributed by atoms with Crippen LogP contribution >= 0.6 is 0 Å². The Balaban J connectivity index is 2.35. The largest absolute Gasteiger partial charge is 0.508 e. The van der Waals surface area contributed by atoms with Crippen molar-refractivity contribution >= 4 is 5.97 Å². The van der Waals surface area contributed by atoms with E-state index >= 15 is 0 Å². The van der Waals surface area contributed by atoms with E-state index in [-0.39, 0.29) is 11.3 Å². The topological polar surface area (TPSA) is 79.7 Å². The van der Waals surface area contributed by atoms with Gasteiger partial charge in [0.25, 0.3) is 0 Å². The van der Waals surface area contributed by atoms with Crippen LogP contribution in [-0.4, -0.2) is 21.2 Å². The van der Waals surface area contributed by atoms with Crippen LogP contribution in [0, 0.1) is 6.92 Å². The molecule has 0 saturated heterocycles. The van der Waals surface area contributed by atoms with E-state index in [0.29, 0.717) is 23.6 Å². The number of aromatic carboxylic acids is 1. The van der Waals surface area contributed by atoms with Gasteiger partial charge in [0.2, 0.25) is 0 Å². The number of hydrogen-bond donors (Lipinski definition) is 2. The molecule has 3 rings (SSSR count). The molecule has 0 radical (unpaired) electrons. The van der Waals surface area contributed by atoms with Gasteiger partial charge in [-0.15, -0.1) is 0 Å². The van der Waals surface area contributed by atoms with Gasteiger partial charge in [-0.3, -0.25) is 4.98 Å². The fraction of sp³-hybridized carbons (Fsp3) is 0.143. The highest BCUT2D eigenvalue weighted by atomic mass is 16.5. The molecule has 19 heavy (non-hydrogen) atoms. The highest BCUT2D eigenvalue weighted by Gasteiger charge is 2.25. The molecule has 0 amide bonds. The number of aromatic nitrogens is 1. The van der Waals surface area contributed by atoms with Crippen LogP contribution in [-0.2, 0) is 6.61 Å². The minimum atomic E-state index is -1.12. The van der Waals surface area contributed by atoms with E-state index in [2.05, 4.69) is 4.98 Å². The van der Waals surface area contributed by atoms with Gasteiger partial charge in [0.1, 0.15) is 18.1 Å². The molecule has 1 aliphatic rings. The SMILES string of the molecule is Cc1ccc2c(n1)-c1c(cc(O)cc1C(=O)O)OC2. The molecule has 1 aromatic carbocycles. The molecule has 0 spiro atoms. The highest BCUT2D eigenvalue weighted by Crippen LogP contribution is 2.41. The van der Waals surface area contributed by atoms with Gasteiger partial charge >= 0.3 is 5.97 Å². The van der Waals surface area contributed by atoms with Crippen molar-refractivity contribution in [3.63, 3.8) is 0 Å². The summed E-state index contributed by atoms with van der Waals surface area (Å²) in [6.07, 6.45) is 0. The molecule has 5 nitrogen and oxygen atoms in total. The molecule has 0 atom stereocenters. The van der Waals surface area contributed by atoms with Crippen LogP contribution < -0.4 is 4.74 Å². The van der Waals surface area contributed by atoms with Crippen LogP contribution in [0.3, 0.4) is 0 Å². The second kappa shape index (κ2) is 3.98. The predicted molar refractivity (Wildman–Crippen MR) is 67.4 cm³/mol. The number of phenolic OH excluding ortho intramolecular Hbond substituents is 1. The molecule has 1 aromatic heterocycles. The molecule has 2 heterocycles. The third-order valence-corrected chi connectivity index (χ3v) is 3.06. The second-order valence-electron chi connectivity index (χ2n) is 4.42. The van der Waals surface area contributed by atoms with E-state index < -0.39 is 5.97 Å². The van der Waals surface area contributed by atoms with Crippen molar-refractivity contribution in [1.29, 1.82) is 0 Å². The molecular formula is C14H11NO4. The summed E-state index contributed by atoms with van der Waals surface area (Å²) in [5.41, 5.74) is 2.67. The number of nitrogens with zero attached hydrogens (tertiary/aromatic N) is 1. The number of carboxylic acid groups (broad SMARTS) is 1. The Kier molecular flexibility index (Phi) is 2.41. The third-order valence-electron chi connectivity index (χ3n) is 3.06. The number of fused-ring (bicyclic) bond motifs is 3. The lowest BCUT2D eigenvalue weighted by Crippen LogP contribution is -2.11. The number of benzene rings is 1. The Labute approximate surface area is 109 Å². The van der Waals surface area contributed by atoms with Crippen LogP contribution in [0.2, 0.25) is 0 Å². The zero-order valence-corrected chi connectivity index (χ0v) is 10.2. The molecule has 2 aromatic rings. The van der Waals surface area contributed by atoms with Crippen molar-refractivity contribution in [2.45, 2.75) is 13.5 Å². The van der Waals surface area contributed by atoms with E-state index in [0.717, 1.165) is 11.3 Å². The average Bonchev–Trinajstić information content (AvgIpc) is 2.36. The molecule has 0 fully saturated rings. The maximum atomic E-state index is 11.3. The Morgan fingerprint density at radius 3 is 2.89 bits per heavy atom. The lowest BCUT2D eigenvalue weighted by atomic mass is 9.96. The molecule has 5 heteroatoms. The van der Waals surface area contributed by atoms with Gasteiger partial charge < -0.3 is 14.9 Å². The van der Waals surface area contributed by atoms with E-state index in [4.69, 9.17) is 4.74 Å². The number of carboxylic acids is 1. The Bertz CT molecular complexity index is 694. The summed E-state index contributed by atoms with van der Waals surface area (Å²) in [5.74, 6) is -0.901. The van der Waals surface area contributed by atoms with E-state index in [1.165, 1.54) is 12.1 Å². The molecule has 96 valence electrons. The Morgan fingerprint density at radius 1 is 1.37 bits per heavy atom. The van der Waals surface area contributed by atoms with Gasteiger partial charge in [0, 0.05) is 17.3 Å². The first-order valence-electron chi connectivity index (χ1n) is 5.76. The van der Waals surface area contributed by atoms with Gasteiger partial charge in [0.15, 0.2) is 0 Å². The lowest BCUT2D eigenvalue weighted by molar-refractivity contribution is 0.0696. The number of carbonyl (C=O) groups is 1. The van der Waals surface area contributed by atoms with Crippen LogP contribution in [0.25, 0.3) is 11.3 Å². The minimum Gasteiger partial charge on any atom is -0.508 e. The third kappa shape index (κ3) is 1.79. The predicted octanol–water partition coefficient (Wildman–Crippen LogP) is 2.35. The van der Waals surface area contributed by atoms with Crippen molar-refractivity contribution in [3.8, 4) is 22.8 Å². The first-order chi connectivity index (χ1) is 9.06. The van der Waals surface area contributed by atoms with Gasteiger partial charge in [-0.1, -0.05) is 6.07 Å². The monoisotopic (exact) mass is 257 g/mol. The summed E-state index contributed by atoms with van der Waals surface area (Å²) >= 11 is 0. The first-order valence-corrected chi connectivity index (χ1v) is 5.76. The first kappa shape index (κ1) is 11.5. The van der Waals surface area contributed by atoms with Crippen LogP contribution in [0.4, 0.5) is 0 Å². The number of hydrogen-bond acceptors (Lipinski definition) is 4. The zero-order valence-electron chi connectivity index (χ0n) is 10.2. The van der Waals surface area contributed by atoms with Gasteiger partial charge in [-0.25, -0.2) is 4.79 Å². The minimum absolute atomic E-state index is 0.00551. The van der Waals surface area contributed by atoms with Crippen molar-refractivity contribution in [1.82, 2.24) is 4.98 Å². The number of aryl methyl sites for hydroxylation is 1. The van der Waals surface area contributed by atoms with Crippen molar-refractivity contribution in [3.05, 3.63) is 41.1 Å². The zero-order chi connectivity index (χ0) is 13.6. The molecule has 2 N–H and O–H groups in total. The quantitative estimate of drug-likeness (QED) is 0.819. The van der Waals surface area contributed by atoms with Crippen LogP contribution in [0.5, 0.6) is 11.5 Å². The fourth-order valence-electron chi connectivity index (χ4n) is 2.20. The summed E-state index contributed by atoms with van der Waals surface area (Å²) in [4.78, 5) is 15.7. The Hall–Kier alpha value is -2.56. The second-order valence-corrected chi connectivity index (χ2v) is 4.42. The average molecular weight is 257 g/mol. The summed E-state index contributed by atoms with van der Waals surface area (Å²) in [6, 6.07) is 6.35. The van der Waals surface area contributed by atoms with Crippen molar-refractivity contribution in [2.24, 2.45) is 0 Å². The summed E-state index contributed by atoms with van der Waals surface area (Å²) < 4.78 is 5.50. The summed E-state index contributed by atoms with van der Waals surface area (Å²) in [5, 5.41) is 18.8. The normalized spacial score (nSPS) is 12.3. The standard InChI is InChI=1S/C14H11NO4/c1-7-2-3-8-6-19-11-5-9(16)4-10(14(17)18)12(11)13(8)15-7/h2-5,16H,6H2,1H3,(H,17,18). The van der Waals surface area contributed by atoms with Gasteiger partial charge in [-0.05, 0) is 19.1 Å². The Morgan fingerprint density at radius 2 is 2.16 bits per heavy atom. The van der Waals surface area contributed by atoms with E-state index in [9.17, 15) is 15.0 Å². The van der Waals surface area contributed by atoms with Gasteiger partial charge in [0.05, 0.1) is 16.8 Å². The molecule has 0 aliphatic carbocycles. The number of rotatable bonds is 1. The molecular weight excluding hydrogens is 246 g/mol. The maximum absolute atomic E-state index is 11.3. The molecule has 0 unspecified atom stereocenters. The summed E-state index contributed by atoms with van der Waals surface area (Å²) in [7, 11) is 0. The number of pyridine rings is 1. The molecule has 1 aliphatic heterocycles.